The first kappa shape index (κ1) is 17.9. The number of benzene rings is 2. The van der Waals surface area contributed by atoms with E-state index in [4.69, 9.17) is 0 Å². The fraction of sp³-hybridized carbons (Fsp3) is 0.391. The van der Waals surface area contributed by atoms with E-state index in [2.05, 4.69) is 35.2 Å². The third-order valence-electron chi connectivity index (χ3n) is 5.88. The van der Waals surface area contributed by atoms with E-state index < -0.39 is 0 Å². The van der Waals surface area contributed by atoms with Gasteiger partial charge in [0, 0.05) is 43.3 Å². The minimum atomic E-state index is 0.0263. The third kappa shape index (κ3) is 3.96. The van der Waals surface area contributed by atoms with E-state index >= 15 is 0 Å². The van der Waals surface area contributed by atoms with Crippen molar-refractivity contribution in [2.75, 3.05) is 19.6 Å². The number of ketones is 1. The minimum absolute atomic E-state index is 0.0263. The van der Waals surface area contributed by atoms with Crippen LogP contribution in [0, 0.1) is 5.92 Å². The molecular weight excluding hydrogens is 336 g/mol. The molecular formula is C23H26N2O2. The summed E-state index contributed by atoms with van der Waals surface area (Å²) in [5.74, 6) is 0.648. The monoisotopic (exact) mass is 362 g/mol. The second-order valence-electron chi connectivity index (χ2n) is 7.86. The highest BCUT2D eigenvalue weighted by atomic mass is 16.2. The largest absolute Gasteiger partial charge is 0.337 e. The van der Waals surface area contributed by atoms with Gasteiger partial charge in [0.25, 0.3) is 5.91 Å². The topological polar surface area (TPSA) is 40.6 Å². The maximum atomic E-state index is 13.0. The van der Waals surface area contributed by atoms with Crippen molar-refractivity contribution in [2.24, 2.45) is 5.92 Å². The van der Waals surface area contributed by atoms with Gasteiger partial charge in [0.05, 0.1) is 0 Å². The normalized spacial score (nSPS) is 22.5. The Morgan fingerprint density at radius 3 is 2.30 bits per heavy atom. The Hall–Kier alpha value is -2.46. The van der Waals surface area contributed by atoms with E-state index in [9.17, 15) is 9.59 Å². The highest BCUT2D eigenvalue weighted by molar-refractivity contribution is 5.97. The third-order valence-corrected chi connectivity index (χ3v) is 5.88. The predicted octanol–water partition coefficient (Wildman–Crippen LogP) is 3.63. The Balaban J connectivity index is 1.48. The molecule has 3 saturated heterocycles. The predicted molar refractivity (Wildman–Crippen MR) is 106 cm³/mol. The highest BCUT2D eigenvalue weighted by Gasteiger charge is 2.36. The first-order valence-corrected chi connectivity index (χ1v) is 9.78. The summed E-state index contributed by atoms with van der Waals surface area (Å²) in [6.07, 6.45) is 2.35. The van der Waals surface area contributed by atoms with Crippen LogP contribution in [0.1, 0.15) is 46.0 Å². The van der Waals surface area contributed by atoms with Gasteiger partial charge in [-0.1, -0.05) is 42.5 Å². The fourth-order valence-corrected chi connectivity index (χ4v) is 4.39. The molecule has 3 aliphatic heterocycles. The molecule has 0 N–H and O–H groups in total. The quantitative estimate of drug-likeness (QED) is 0.780. The average Bonchev–Trinajstić information content (AvgIpc) is 3.00. The molecule has 3 fully saturated rings. The van der Waals surface area contributed by atoms with Crippen LogP contribution >= 0.6 is 0 Å². The summed E-state index contributed by atoms with van der Waals surface area (Å²) in [5, 5.41) is 0. The Labute approximate surface area is 160 Å². The SMILES string of the molecule is CC(=O)c1ccc(C(=O)N2C[C@H]3CC[C@@H](C2)N(Cc2ccccc2)C3)cc1. The van der Waals surface area contributed by atoms with Gasteiger partial charge >= 0.3 is 0 Å². The second kappa shape index (κ2) is 7.65. The summed E-state index contributed by atoms with van der Waals surface area (Å²) in [6, 6.07) is 18.1. The summed E-state index contributed by atoms with van der Waals surface area (Å²) in [6.45, 7) is 5.18. The number of hydrogen-bond donors (Lipinski definition) is 0. The molecule has 5 rings (SSSR count). The van der Waals surface area contributed by atoms with Crippen LogP contribution in [-0.2, 0) is 6.54 Å². The molecule has 2 atom stereocenters. The van der Waals surface area contributed by atoms with E-state index in [1.807, 2.05) is 4.90 Å². The van der Waals surface area contributed by atoms with Gasteiger partial charge in [-0.2, -0.15) is 0 Å². The van der Waals surface area contributed by atoms with Crippen LogP contribution in [0.15, 0.2) is 54.6 Å². The number of hydrogen-bond acceptors (Lipinski definition) is 3. The van der Waals surface area contributed by atoms with Crippen molar-refractivity contribution in [3.05, 3.63) is 71.3 Å². The highest BCUT2D eigenvalue weighted by Crippen LogP contribution is 2.30. The molecule has 0 spiro atoms. The lowest BCUT2D eigenvalue weighted by atomic mass is 9.94. The van der Waals surface area contributed by atoms with E-state index in [-0.39, 0.29) is 11.7 Å². The molecule has 4 heteroatoms. The molecule has 0 saturated carbocycles. The molecule has 0 aromatic heterocycles. The first-order chi connectivity index (χ1) is 13.1. The zero-order valence-corrected chi connectivity index (χ0v) is 15.8. The first-order valence-electron chi connectivity index (χ1n) is 9.78. The van der Waals surface area contributed by atoms with Crippen LogP contribution in [-0.4, -0.2) is 47.2 Å². The minimum Gasteiger partial charge on any atom is -0.337 e. The van der Waals surface area contributed by atoms with Gasteiger partial charge < -0.3 is 4.90 Å². The van der Waals surface area contributed by atoms with Gasteiger partial charge in [0.1, 0.15) is 0 Å². The number of amides is 1. The summed E-state index contributed by atoms with van der Waals surface area (Å²) in [5.41, 5.74) is 2.66. The van der Waals surface area contributed by atoms with Crippen molar-refractivity contribution in [3.8, 4) is 0 Å². The van der Waals surface area contributed by atoms with Crippen molar-refractivity contribution in [3.63, 3.8) is 0 Å². The molecule has 2 aromatic carbocycles. The molecule has 0 aliphatic carbocycles. The summed E-state index contributed by atoms with van der Waals surface area (Å²) < 4.78 is 0. The van der Waals surface area contributed by atoms with Crippen molar-refractivity contribution in [2.45, 2.75) is 32.4 Å². The van der Waals surface area contributed by atoms with Gasteiger partial charge in [-0.3, -0.25) is 14.5 Å². The summed E-state index contributed by atoms with van der Waals surface area (Å²) >= 11 is 0. The van der Waals surface area contributed by atoms with E-state index in [0.29, 0.717) is 23.1 Å². The number of carbonyl (C=O) groups is 2. The molecule has 0 unspecified atom stereocenters. The molecule has 140 valence electrons. The van der Waals surface area contributed by atoms with Crippen LogP contribution in [0.4, 0.5) is 0 Å². The fourth-order valence-electron chi connectivity index (χ4n) is 4.39. The molecule has 4 nitrogen and oxygen atoms in total. The molecule has 2 bridgehead atoms. The Morgan fingerprint density at radius 2 is 1.59 bits per heavy atom. The summed E-state index contributed by atoms with van der Waals surface area (Å²) in [7, 11) is 0. The molecule has 0 radical (unpaired) electrons. The summed E-state index contributed by atoms with van der Waals surface area (Å²) in [4.78, 5) is 29.1. The number of fused-ring (bicyclic) bond motifs is 4. The van der Waals surface area contributed by atoms with Gasteiger partial charge in [0.15, 0.2) is 5.78 Å². The lowest BCUT2D eigenvalue weighted by Gasteiger charge is -2.36. The number of rotatable bonds is 4. The molecule has 3 heterocycles. The second-order valence-corrected chi connectivity index (χ2v) is 7.86. The van der Waals surface area contributed by atoms with Crippen LogP contribution in [0.3, 0.4) is 0 Å². The van der Waals surface area contributed by atoms with Gasteiger partial charge in [-0.15, -0.1) is 0 Å². The number of Topliss-reactive ketones (excluding diaryl/α,β-unsaturated/α-hetero) is 1. The molecule has 27 heavy (non-hydrogen) atoms. The van der Waals surface area contributed by atoms with Gasteiger partial charge in [-0.25, -0.2) is 0 Å². The Morgan fingerprint density at radius 1 is 0.889 bits per heavy atom. The zero-order chi connectivity index (χ0) is 18.8. The van der Waals surface area contributed by atoms with E-state index in [1.165, 1.54) is 12.0 Å². The van der Waals surface area contributed by atoms with Crippen LogP contribution in [0.5, 0.6) is 0 Å². The van der Waals surface area contributed by atoms with Crippen LogP contribution in [0.25, 0.3) is 0 Å². The molecule has 1 amide bonds. The number of nitrogens with zero attached hydrogens (tertiary/aromatic N) is 2. The van der Waals surface area contributed by atoms with E-state index in [0.717, 1.165) is 32.6 Å². The maximum absolute atomic E-state index is 13.0. The molecule has 2 aromatic rings. The van der Waals surface area contributed by atoms with Crippen molar-refractivity contribution in [1.29, 1.82) is 0 Å². The van der Waals surface area contributed by atoms with Crippen LogP contribution < -0.4 is 0 Å². The van der Waals surface area contributed by atoms with E-state index in [1.54, 1.807) is 31.2 Å². The lowest BCUT2D eigenvalue weighted by molar-refractivity contribution is 0.0735. The van der Waals surface area contributed by atoms with Crippen molar-refractivity contribution in [1.82, 2.24) is 9.80 Å². The maximum Gasteiger partial charge on any atom is 0.253 e. The standard InChI is InChI=1S/C23H26N2O2/c1-17(26)20-8-10-21(11-9-20)23(27)25-15-19-7-12-22(16-25)24(14-19)13-18-5-3-2-4-6-18/h2-6,8-11,19,22H,7,12-16H2,1H3/t19-,22-/m0/s1. The van der Waals surface area contributed by atoms with Gasteiger partial charge in [0.2, 0.25) is 0 Å². The smallest absolute Gasteiger partial charge is 0.253 e. The lowest BCUT2D eigenvalue weighted by Crippen LogP contribution is -2.43. The number of piperidine rings is 1. The van der Waals surface area contributed by atoms with Crippen molar-refractivity contribution < 1.29 is 9.59 Å². The van der Waals surface area contributed by atoms with Crippen LogP contribution in [0.2, 0.25) is 0 Å². The zero-order valence-electron chi connectivity index (χ0n) is 15.8. The average molecular weight is 362 g/mol. The van der Waals surface area contributed by atoms with Gasteiger partial charge in [-0.05, 0) is 43.4 Å². The Kier molecular flexibility index (Phi) is 5.08. The van der Waals surface area contributed by atoms with Crippen molar-refractivity contribution >= 4 is 11.7 Å². The number of carbonyl (C=O) groups excluding carboxylic acids is 2. The Bertz CT molecular complexity index is 816. The molecule has 3 aliphatic rings.